The monoisotopic (exact) mass is 336 g/mol. The summed E-state index contributed by atoms with van der Waals surface area (Å²) in [7, 11) is 0. The summed E-state index contributed by atoms with van der Waals surface area (Å²) >= 11 is 0. The quantitative estimate of drug-likeness (QED) is 0.726. The summed E-state index contributed by atoms with van der Waals surface area (Å²) in [6, 6.07) is 19.1. The molecule has 0 aliphatic heterocycles. The Labute approximate surface area is 146 Å². The Bertz CT molecular complexity index is 826. The molecule has 3 aromatic rings. The van der Waals surface area contributed by atoms with Crippen LogP contribution in [0.2, 0.25) is 0 Å². The van der Waals surface area contributed by atoms with Crippen molar-refractivity contribution in [2.45, 2.75) is 19.4 Å². The fraction of sp³-hybridized carbons (Fsp3) is 0.200. The van der Waals surface area contributed by atoms with Crippen molar-refractivity contribution in [3.8, 4) is 11.3 Å². The molecule has 0 spiro atoms. The molecule has 3 rings (SSSR count). The van der Waals surface area contributed by atoms with Crippen molar-refractivity contribution in [3.05, 3.63) is 77.6 Å². The first-order chi connectivity index (χ1) is 12.1. The highest BCUT2D eigenvalue weighted by atomic mass is 16.5. The summed E-state index contributed by atoms with van der Waals surface area (Å²) in [6.07, 6.45) is -0.183. The molecule has 0 aliphatic rings. The fourth-order valence-electron chi connectivity index (χ4n) is 2.50. The second-order valence-electron chi connectivity index (χ2n) is 6.00. The molecule has 0 saturated heterocycles. The van der Waals surface area contributed by atoms with E-state index in [1.54, 1.807) is 6.07 Å². The van der Waals surface area contributed by atoms with Crippen LogP contribution in [0.5, 0.6) is 0 Å². The lowest BCUT2D eigenvalue weighted by atomic mass is 10.1. The van der Waals surface area contributed by atoms with Crippen molar-refractivity contribution in [1.82, 2.24) is 10.5 Å². The Kier molecular flexibility index (Phi) is 5.26. The van der Waals surface area contributed by atoms with Gasteiger partial charge in [-0.25, -0.2) is 0 Å². The topological polar surface area (TPSA) is 75.4 Å². The second-order valence-corrected chi connectivity index (χ2v) is 6.00. The third-order valence-electron chi connectivity index (χ3n) is 3.89. The largest absolute Gasteiger partial charge is 0.391 e. The molecule has 1 atom stereocenters. The molecule has 5 heteroatoms. The van der Waals surface area contributed by atoms with Crippen LogP contribution in [0.15, 0.2) is 65.2 Å². The number of aliphatic hydroxyl groups is 1. The first-order valence-electron chi connectivity index (χ1n) is 8.16. The third-order valence-corrected chi connectivity index (χ3v) is 3.89. The molecule has 128 valence electrons. The number of carbonyl (C=O) groups is 1. The highest BCUT2D eigenvalue weighted by Gasteiger charge is 2.15. The minimum atomic E-state index is -0.661. The molecule has 1 aromatic heterocycles. The Balaban J connectivity index is 1.56. The number of nitrogens with zero attached hydrogens (tertiary/aromatic N) is 1. The Hall–Kier alpha value is -2.92. The predicted molar refractivity (Wildman–Crippen MR) is 95.2 cm³/mol. The molecule has 0 radical (unpaired) electrons. The van der Waals surface area contributed by atoms with Gasteiger partial charge in [-0.1, -0.05) is 65.3 Å². The lowest BCUT2D eigenvalue weighted by Gasteiger charge is -2.10. The standard InChI is InChI=1S/C20H20N2O3/c1-14-7-9-16(10-8-14)18-12-19(25-22-18)20(24)21-13-17(23)11-15-5-3-2-4-6-15/h2-10,12,17,23H,11,13H2,1H3,(H,21,24)/t17-/m0/s1. The van der Waals surface area contributed by atoms with Crippen LogP contribution >= 0.6 is 0 Å². The average Bonchev–Trinajstić information content (AvgIpc) is 3.11. The van der Waals surface area contributed by atoms with Crippen LogP contribution in [0.4, 0.5) is 0 Å². The van der Waals surface area contributed by atoms with Crippen LogP contribution < -0.4 is 5.32 Å². The molecule has 0 saturated carbocycles. The van der Waals surface area contributed by atoms with Gasteiger partial charge in [-0.2, -0.15) is 0 Å². The van der Waals surface area contributed by atoms with Crippen LogP contribution in [0.25, 0.3) is 11.3 Å². The van der Waals surface area contributed by atoms with Crippen molar-refractivity contribution in [2.24, 2.45) is 0 Å². The number of amides is 1. The van der Waals surface area contributed by atoms with Gasteiger partial charge in [-0.3, -0.25) is 4.79 Å². The maximum absolute atomic E-state index is 12.1. The molecule has 1 amide bonds. The zero-order chi connectivity index (χ0) is 17.6. The van der Waals surface area contributed by atoms with Crippen LogP contribution in [0.3, 0.4) is 0 Å². The van der Waals surface area contributed by atoms with E-state index >= 15 is 0 Å². The minimum Gasteiger partial charge on any atom is -0.391 e. The maximum Gasteiger partial charge on any atom is 0.290 e. The normalized spacial score (nSPS) is 11.9. The third kappa shape index (κ3) is 4.55. The molecule has 0 unspecified atom stereocenters. The summed E-state index contributed by atoms with van der Waals surface area (Å²) < 4.78 is 5.12. The minimum absolute atomic E-state index is 0.127. The van der Waals surface area contributed by atoms with E-state index in [0.717, 1.165) is 16.7 Å². The first-order valence-corrected chi connectivity index (χ1v) is 8.16. The van der Waals surface area contributed by atoms with Crippen molar-refractivity contribution in [2.75, 3.05) is 6.54 Å². The number of nitrogens with one attached hydrogen (secondary N) is 1. The fourth-order valence-corrected chi connectivity index (χ4v) is 2.50. The molecule has 25 heavy (non-hydrogen) atoms. The van der Waals surface area contributed by atoms with E-state index in [0.29, 0.717) is 12.1 Å². The van der Waals surface area contributed by atoms with Crippen LogP contribution in [0.1, 0.15) is 21.7 Å². The number of carbonyl (C=O) groups excluding carboxylic acids is 1. The summed E-state index contributed by atoms with van der Waals surface area (Å²) in [5.41, 5.74) is 3.66. The van der Waals surface area contributed by atoms with Gasteiger partial charge >= 0.3 is 0 Å². The van der Waals surface area contributed by atoms with E-state index in [-0.39, 0.29) is 12.3 Å². The van der Waals surface area contributed by atoms with Gasteiger partial charge in [-0.05, 0) is 12.5 Å². The lowest BCUT2D eigenvalue weighted by molar-refractivity contribution is 0.0880. The maximum atomic E-state index is 12.1. The van der Waals surface area contributed by atoms with Crippen molar-refractivity contribution in [3.63, 3.8) is 0 Å². The lowest BCUT2D eigenvalue weighted by Crippen LogP contribution is -2.33. The van der Waals surface area contributed by atoms with Gasteiger partial charge in [0, 0.05) is 24.6 Å². The molecule has 1 heterocycles. The number of aromatic nitrogens is 1. The van der Waals surface area contributed by atoms with Crippen molar-refractivity contribution in [1.29, 1.82) is 0 Å². The van der Waals surface area contributed by atoms with Crippen molar-refractivity contribution >= 4 is 5.91 Å². The summed E-state index contributed by atoms with van der Waals surface area (Å²) in [5.74, 6) is -0.263. The SMILES string of the molecule is Cc1ccc(-c2cc(C(=O)NC[C@@H](O)Cc3ccccc3)on2)cc1. The Morgan fingerprint density at radius 1 is 1.16 bits per heavy atom. The van der Waals surface area contributed by atoms with Gasteiger partial charge in [0.2, 0.25) is 5.76 Å². The van der Waals surface area contributed by atoms with Gasteiger partial charge in [0.15, 0.2) is 0 Å². The number of hydrogen-bond acceptors (Lipinski definition) is 4. The number of aliphatic hydroxyl groups excluding tert-OH is 1. The van der Waals surface area contributed by atoms with Gasteiger partial charge < -0.3 is 14.9 Å². The van der Waals surface area contributed by atoms with Crippen LogP contribution in [-0.2, 0) is 6.42 Å². The first kappa shape index (κ1) is 16.9. The Morgan fingerprint density at radius 3 is 2.60 bits per heavy atom. The molecule has 0 bridgehead atoms. The average molecular weight is 336 g/mol. The van der Waals surface area contributed by atoms with Gasteiger partial charge in [0.05, 0.1) is 6.10 Å². The highest BCUT2D eigenvalue weighted by Crippen LogP contribution is 2.19. The highest BCUT2D eigenvalue weighted by molar-refractivity contribution is 5.92. The zero-order valence-corrected chi connectivity index (χ0v) is 14.0. The van der Waals surface area contributed by atoms with E-state index in [4.69, 9.17) is 4.52 Å². The molecule has 0 fully saturated rings. The Morgan fingerprint density at radius 2 is 1.88 bits per heavy atom. The van der Waals surface area contributed by atoms with E-state index < -0.39 is 12.0 Å². The molecule has 5 nitrogen and oxygen atoms in total. The smallest absolute Gasteiger partial charge is 0.290 e. The van der Waals surface area contributed by atoms with Gasteiger partial charge in [0.25, 0.3) is 5.91 Å². The second kappa shape index (κ2) is 7.77. The van der Waals surface area contributed by atoms with Gasteiger partial charge in [-0.15, -0.1) is 0 Å². The molecular formula is C20H20N2O3. The molecule has 0 aliphatic carbocycles. The van der Waals surface area contributed by atoms with Crippen LogP contribution in [-0.4, -0.2) is 28.8 Å². The predicted octanol–water partition coefficient (Wildman–Crippen LogP) is 2.98. The molecule has 2 aromatic carbocycles. The summed E-state index contributed by atoms with van der Waals surface area (Å²) in [4.78, 5) is 12.1. The van der Waals surface area contributed by atoms with Crippen LogP contribution in [0, 0.1) is 6.92 Å². The van der Waals surface area contributed by atoms with Gasteiger partial charge in [0.1, 0.15) is 5.69 Å². The van der Waals surface area contributed by atoms with E-state index in [1.165, 1.54) is 0 Å². The van der Waals surface area contributed by atoms with Crippen molar-refractivity contribution < 1.29 is 14.4 Å². The number of aryl methyl sites for hydroxylation is 1. The van der Waals surface area contributed by atoms with E-state index in [9.17, 15) is 9.90 Å². The molecule has 2 N–H and O–H groups in total. The van der Waals surface area contributed by atoms with E-state index in [2.05, 4.69) is 10.5 Å². The zero-order valence-electron chi connectivity index (χ0n) is 14.0. The number of rotatable bonds is 6. The molecular weight excluding hydrogens is 316 g/mol. The summed E-state index contributed by atoms with van der Waals surface area (Å²) in [6.45, 7) is 2.15. The number of hydrogen-bond donors (Lipinski definition) is 2. The number of benzene rings is 2. The van der Waals surface area contributed by atoms with E-state index in [1.807, 2.05) is 61.5 Å². The summed E-state index contributed by atoms with van der Waals surface area (Å²) in [5, 5.41) is 16.7.